The Bertz CT molecular complexity index is 1340. The summed E-state index contributed by atoms with van der Waals surface area (Å²) in [5.74, 6) is -1.83. The third kappa shape index (κ3) is 39.5. The molecular formula is C52H83NO7. The second kappa shape index (κ2) is 41.7. The molecule has 338 valence electrons. The number of unbranched alkanes of at least 4 members (excludes halogenated alkanes) is 9. The second-order valence-corrected chi connectivity index (χ2v) is 15.9. The molecular weight excluding hydrogens is 751 g/mol. The highest BCUT2D eigenvalue weighted by Gasteiger charge is 2.25. The molecule has 0 amide bonds. The van der Waals surface area contributed by atoms with E-state index < -0.39 is 18.1 Å². The first-order valence-corrected chi connectivity index (χ1v) is 22.9. The van der Waals surface area contributed by atoms with Crippen LogP contribution in [0.2, 0.25) is 0 Å². The summed E-state index contributed by atoms with van der Waals surface area (Å²) in [4.78, 5) is 36.9. The molecule has 2 atom stereocenters. The molecule has 0 rings (SSSR count). The third-order valence-electron chi connectivity index (χ3n) is 9.47. The number of carboxylic acids is 1. The van der Waals surface area contributed by atoms with E-state index in [9.17, 15) is 19.5 Å². The Hall–Kier alpha value is -4.01. The van der Waals surface area contributed by atoms with Crippen molar-refractivity contribution in [3.05, 3.63) is 109 Å². The number of hydrogen-bond donors (Lipinski definition) is 0. The number of esters is 2. The zero-order valence-corrected chi connectivity index (χ0v) is 38.3. The van der Waals surface area contributed by atoms with Crippen molar-refractivity contribution < 1.29 is 38.2 Å². The van der Waals surface area contributed by atoms with Gasteiger partial charge in [-0.3, -0.25) is 9.59 Å². The van der Waals surface area contributed by atoms with Crippen LogP contribution in [0.4, 0.5) is 0 Å². The minimum absolute atomic E-state index is 0.0112. The highest BCUT2D eigenvalue weighted by Crippen LogP contribution is 2.12. The van der Waals surface area contributed by atoms with Crippen molar-refractivity contribution in [2.24, 2.45) is 0 Å². The number of carbonyl (C=O) groups excluding carboxylic acids is 3. The highest BCUT2D eigenvalue weighted by molar-refractivity contribution is 5.70. The molecule has 0 heterocycles. The van der Waals surface area contributed by atoms with Crippen LogP contribution in [-0.2, 0) is 28.6 Å². The quantitative estimate of drug-likeness (QED) is 0.0200. The van der Waals surface area contributed by atoms with E-state index in [0.717, 1.165) is 89.9 Å². The highest BCUT2D eigenvalue weighted by atomic mass is 16.6. The summed E-state index contributed by atoms with van der Waals surface area (Å²) in [5.41, 5.74) is 0. The van der Waals surface area contributed by atoms with E-state index in [1.807, 2.05) is 0 Å². The van der Waals surface area contributed by atoms with Gasteiger partial charge in [0, 0.05) is 19.3 Å². The molecule has 0 saturated heterocycles. The van der Waals surface area contributed by atoms with Gasteiger partial charge in [-0.1, -0.05) is 155 Å². The van der Waals surface area contributed by atoms with E-state index in [2.05, 4.69) is 123 Å². The molecule has 0 aromatic carbocycles. The van der Waals surface area contributed by atoms with Crippen molar-refractivity contribution in [1.29, 1.82) is 0 Å². The van der Waals surface area contributed by atoms with Gasteiger partial charge in [-0.15, -0.1) is 0 Å². The van der Waals surface area contributed by atoms with Gasteiger partial charge in [-0.05, 0) is 83.5 Å². The molecule has 0 aliphatic carbocycles. The largest absolute Gasteiger partial charge is 0.544 e. The van der Waals surface area contributed by atoms with Gasteiger partial charge in [-0.25, -0.2) is 0 Å². The Morgan fingerprint density at radius 3 is 1.52 bits per heavy atom. The lowest BCUT2D eigenvalue weighted by atomic mass is 10.1. The van der Waals surface area contributed by atoms with Crippen molar-refractivity contribution in [1.82, 2.24) is 0 Å². The minimum Gasteiger partial charge on any atom is -0.544 e. The Labute approximate surface area is 366 Å². The van der Waals surface area contributed by atoms with Crippen molar-refractivity contribution in [2.75, 3.05) is 41.0 Å². The zero-order valence-electron chi connectivity index (χ0n) is 38.3. The topological polar surface area (TPSA) is 102 Å². The van der Waals surface area contributed by atoms with Crippen LogP contribution in [0.1, 0.15) is 149 Å². The number of carbonyl (C=O) groups is 3. The summed E-state index contributed by atoms with van der Waals surface area (Å²) in [6, 6.07) is -0.743. The fourth-order valence-electron chi connectivity index (χ4n) is 5.95. The molecule has 8 nitrogen and oxygen atoms in total. The number of aliphatic carboxylic acids is 1. The van der Waals surface area contributed by atoms with Crippen LogP contribution in [-0.4, -0.2) is 75.5 Å². The van der Waals surface area contributed by atoms with Gasteiger partial charge in [0.1, 0.15) is 12.6 Å². The first-order chi connectivity index (χ1) is 29.1. The van der Waals surface area contributed by atoms with E-state index in [-0.39, 0.29) is 49.1 Å². The number of likely N-dealkylation sites (N-methyl/N-ethyl adjacent to an activating group) is 1. The molecule has 0 saturated carbocycles. The minimum atomic E-state index is -1.14. The fourth-order valence-corrected chi connectivity index (χ4v) is 5.95. The Kier molecular flexibility index (Phi) is 38.9. The predicted octanol–water partition coefficient (Wildman–Crippen LogP) is 11.5. The Balaban J connectivity index is 4.45. The molecule has 0 radical (unpaired) electrons. The number of hydrogen-bond acceptors (Lipinski definition) is 7. The molecule has 0 aromatic rings. The standard InChI is InChI=1S/C52H83NO7/c1-6-8-10-12-14-16-18-20-22-23-24-25-26-27-29-31-33-35-37-39-41-43-51(55)60-48(46-58-45-44-49(52(56)57)53(3,4)5)47-59-50(54)42-40-38-36-34-32-30-28-21-19-17-15-13-11-9-7-2/h8-11,13-17,19-20,22,24-25,27,29,33,35,48-49H,6-7,12,18,21,23,26,28,30-32,34,36-47H2,1-5H3/b10-8+,11-9+,15-13+,16-14+,19-17+,22-20+,25-24+,29-27+,35-33+. The van der Waals surface area contributed by atoms with Gasteiger partial charge in [0.15, 0.2) is 6.10 Å². The van der Waals surface area contributed by atoms with Gasteiger partial charge in [-0.2, -0.15) is 0 Å². The molecule has 0 aromatic heterocycles. The SMILES string of the molecule is CC/C=C/C=C/C=C/CCCCCCCCCC(=O)OCC(COCCC(C(=O)[O-])[N+](C)(C)C)OC(=O)CCCC/C=C/C/C=C/C/C=C/C/C=C/C/C=C/C/C=C/CC. The van der Waals surface area contributed by atoms with Crippen LogP contribution in [0, 0.1) is 0 Å². The van der Waals surface area contributed by atoms with Crippen LogP contribution < -0.4 is 5.11 Å². The summed E-state index contributed by atoms with van der Waals surface area (Å²) in [5, 5.41) is 11.6. The number of allylic oxidation sites excluding steroid dienone is 18. The predicted molar refractivity (Wildman–Crippen MR) is 249 cm³/mol. The second-order valence-electron chi connectivity index (χ2n) is 15.9. The van der Waals surface area contributed by atoms with Gasteiger partial charge >= 0.3 is 11.9 Å². The van der Waals surface area contributed by atoms with Crippen LogP contribution in [0.15, 0.2) is 109 Å². The zero-order chi connectivity index (χ0) is 44.2. The van der Waals surface area contributed by atoms with Crippen molar-refractivity contribution in [2.45, 2.75) is 161 Å². The van der Waals surface area contributed by atoms with Crippen LogP contribution >= 0.6 is 0 Å². The Morgan fingerprint density at radius 2 is 0.967 bits per heavy atom. The molecule has 60 heavy (non-hydrogen) atoms. The van der Waals surface area contributed by atoms with Crippen LogP contribution in [0.5, 0.6) is 0 Å². The summed E-state index contributed by atoms with van der Waals surface area (Å²) >= 11 is 0. The molecule has 0 aliphatic heterocycles. The third-order valence-corrected chi connectivity index (χ3v) is 9.47. The maximum atomic E-state index is 12.7. The van der Waals surface area contributed by atoms with E-state index in [1.165, 1.54) is 19.3 Å². The van der Waals surface area contributed by atoms with Crippen molar-refractivity contribution in [3.63, 3.8) is 0 Å². The molecule has 0 N–H and O–H groups in total. The average Bonchev–Trinajstić information content (AvgIpc) is 3.21. The maximum Gasteiger partial charge on any atom is 0.306 e. The smallest absolute Gasteiger partial charge is 0.306 e. The number of carboxylic acid groups (broad SMARTS) is 1. The van der Waals surface area contributed by atoms with E-state index >= 15 is 0 Å². The number of rotatable bonds is 39. The van der Waals surface area contributed by atoms with Gasteiger partial charge in [0.05, 0.1) is 40.3 Å². The average molecular weight is 834 g/mol. The van der Waals surface area contributed by atoms with Gasteiger partial charge in [0.25, 0.3) is 0 Å². The first kappa shape index (κ1) is 56.0. The Morgan fingerprint density at radius 1 is 0.517 bits per heavy atom. The van der Waals surface area contributed by atoms with E-state index in [4.69, 9.17) is 14.2 Å². The molecule has 2 unspecified atom stereocenters. The number of ether oxygens (including phenoxy) is 3. The molecule has 8 heteroatoms. The lowest BCUT2D eigenvalue weighted by Crippen LogP contribution is -2.55. The van der Waals surface area contributed by atoms with Crippen molar-refractivity contribution in [3.8, 4) is 0 Å². The summed E-state index contributed by atoms with van der Waals surface area (Å²) in [6.45, 7) is 4.33. The maximum absolute atomic E-state index is 12.7. The first-order valence-electron chi connectivity index (χ1n) is 22.9. The molecule has 0 aliphatic rings. The van der Waals surface area contributed by atoms with E-state index in [1.54, 1.807) is 21.1 Å². The van der Waals surface area contributed by atoms with Gasteiger partial charge < -0.3 is 28.6 Å². The fraction of sp³-hybridized carbons (Fsp3) is 0.596. The molecule has 0 fully saturated rings. The number of nitrogens with zero attached hydrogens (tertiary/aromatic N) is 1. The summed E-state index contributed by atoms with van der Waals surface area (Å²) in [6.07, 6.45) is 56.9. The van der Waals surface area contributed by atoms with Crippen molar-refractivity contribution >= 4 is 17.9 Å². The van der Waals surface area contributed by atoms with Gasteiger partial charge in [0.2, 0.25) is 0 Å². The lowest BCUT2D eigenvalue weighted by Gasteiger charge is -2.34. The summed E-state index contributed by atoms with van der Waals surface area (Å²) < 4.78 is 17.1. The number of quaternary nitrogens is 1. The van der Waals surface area contributed by atoms with Crippen LogP contribution in [0.25, 0.3) is 0 Å². The summed E-state index contributed by atoms with van der Waals surface area (Å²) in [7, 11) is 5.37. The lowest BCUT2D eigenvalue weighted by molar-refractivity contribution is -0.889. The normalized spacial score (nSPS) is 13.9. The van der Waals surface area contributed by atoms with E-state index in [0.29, 0.717) is 12.8 Å². The molecule has 0 bridgehead atoms. The van der Waals surface area contributed by atoms with Crippen LogP contribution in [0.3, 0.4) is 0 Å². The molecule has 0 spiro atoms. The monoisotopic (exact) mass is 834 g/mol.